The van der Waals surface area contributed by atoms with Crippen LogP contribution >= 0.6 is 0 Å². The highest BCUT2D eigenvalue weighted by molar-refractivity contribution is 5.18. The van der Waals surface area contributed by atoms with Gasteiger partial charge < -0.3 is 40.1 Å². The minimum atomic E-state index is -1.45. The minimum absolute atomic E-state index is 0.0121. The lowest BCUT2D eigenvalue weighted by atomic mass is 9.46. The summed E-state index contributed by atoms with van der Waals surface area (Å²) in [5.41, 5.74) is 1.86. The van der Waals surface area contributed by atoms with Crippen LogP contribution in [0.5, 0.6) is 0 Å². The van der Waals surface area contributed by atoms with Crippen LogP contribution < -0.4 is 0 Å². The van der Waals surface area contributed by atoms with Crippen LogP contribution in [-0.2, 0) is 9.47 Å². The summed E-state index contributed by atoms with van der Waals surface area (Å²) in [6.45, 7) is 10.4. The highest BCUT2D eigenvalue weighted by Crippen LogP contribution is 2.61. The summed E-state index contributed by atoms with van der Waals surface area (Å²) in [6.07, 6.45) is 0.267. The SMILES string of the molecule is C=C1CCC2C(C)(CO)C(O)CCC2(C)C1CCC(C)=CCOC1OC(CO)C(O)C(O)C1O. The molecule has 0 bridgehead atoms. The Morgan fingerprint density at radius 3 is 2.47 bits per heavy atom. The molecule has 0 spiro atoms. The van der Waals surface area contributed by atoms with E-state index in [1.807, 2.05) is 19.9 Å². The van der Waals surface area contributed by atoms with Crippen molar-refractivity contribution < 1.29 is 40.1 Å². The third-order valence-corrected chi connectivity index (χ3v) is 9.06. The lowest BCUT2D eigenvalue weighted by Crippen LogP contribution is -2.59. The fraction of sp³-hybridized carbons (Fsp3) is 0.846. The van der Waals surface area contributed by atoms with Gasteiger partial charge >= 0.3 is 0 Å². The Morgan fingerprint density at radius 1 is 1.12 bits per heavy atom. The molecule has 10 unspecified atom stereocenters. The molecule has 1 heterocycles. The highest BCUT2D eigenvalue weighted by atomic mass is 16.7. The van der Waals surface area contributed by atoms with Gasteiger partial charge in [0.2, 0.25) is 0 Å². The lowest BCUT2D eigenvalue weighted by Gasteiger charge is -2.60. The van der Waals surface area contributed by atoms with Crippen molar-refractivity contribution in [3.8, 4) is 0 Å². The molecule has 0 radical (unpaired) electrons. The molecule has 1 saturated heterocycles. The fourth-order valence-corrected chi connectivity index (χ4v) is 6.70. The largest absolute Gasteiger partial charge is 0.396 e. The molecule has 2 saturated carbocycles. The lowest BCUT2D eigenvalue weighted by molar-refractivity contribution is -0.298. The van der Waals surface area contributed by atoms with E-state index < -0.39 is 48.8 Å². The molecule has 1 aliphatic heterocycles. The first-order chi connectivity index (χ1) is 16.0. The average molecular weight is 485 g/mol. The van der Waals surface area contributed by atoms with Crippen LogP contribution in [0.2, 0.25) is 0 Å². The van der Waals surface area contributed by atoms with Crippen molar-refractivity contribution in [1.82, 2.24) is 0 Å². The van der Waals surface area contributed by atoms with Gasteiger partial charge in [0.25, 0.3) is 0 Å². The zero-order valence-corrected chi connectivity index (χ0v) is 20.8. The van der Waals surface area contributed by atoms with Crippen LogP contribution in [0.25, 0.3) is 0 Å². The van der Waals surface area contributed by atoms with Crippen molar-refractivity contribution in [3.05, 3.63) is 23.8 Å². The van der Waals surface area contributed by atoms with Crippen LogP contribution in [0.4, 0.5) is 0 Å². The molecule has 34 heavy (non-hydrogen) atoms. The smallest absolute Gasteiger partial charge is 0.187 e. The molecule has 0 aromatic carbocycles. The van der Waals surface area contributed by atoms with Gasteiger partial charge in [-0.05, 0) is 62.7 Å². The van der Waals surface area contributed by atoms with Crippen LogP contribution in [0.15, 0.2) is 23.8 Å². The molecule has 2 aliphatic carbocycles. The first-order valence-corrected chi connectivity index (χ1v) is 12.5. The van der Waals surface area contributed by atoms with Crippen LogP contribution in [0.3, 0.4) is 0 Å². The van der Waals surface area contributed by atoms with Crippen molar-refractivity contribution in [2.24, 2.45) is 22.7 Å². The molecule has 0 aromatic heterocycles. The van der Waals surface area contributed by atoms with E-state index in [0.29, 0.717) is 12.3 Å². The zero-order chi connectivity index (χ0) is 25.3. The normalized spacial score (nSPS) is 45.8. The van der Waals surface area contributed by atoms with E-state index in [1.165, 1.54) is 5.57 Å². The van der Waals surface area contributed by atoms with Gasteiger partial charge in [0, 0.05) is 5.41 Å². The first-order valence-electron chi connectivity index (χ1n) is 12.5. The molecule has 3 rings (SSSR count). The number of fused-ring (bicyclic) bond motifs is 1. The predicted octanol–water partition coefficient (Wildman–Crippen LogP) is 1.27. The standard InChI is InChI=1S/C26H44O8/c1-15(10-12-33-24-23(32)22(31)21(30)18(13-27)34-24)5-7-17-16(2)6-8-19-25(17,3)11-9-20(29)26(19,4)14-28/h10,17-24,27-32H,2,5-9,11-14H2,1,3-4H3. The molecule has 0 amide bonds. The van der Waals surface area contributed by atoms with E-state index in [9.17, 15) is 30.6 Å². The second kappa shape index (κ2) is 11.0. The third kappa shape index (κ3) is 5.15. The van der Waals surface area contributed by atoms with Gasteiger partial charge in [-0.1, -0.05) is 37.6 Å². The van der Waals surface area contributed by atoms with E-state index in [0.717, 1.165) is 37.7 Å². The second-order valence-electron chi connectivity index (χ2n) is 11.1. The highest BCUT2D eigenvalue weighted by Gasteiger charge is 2.57. The topological polar surface area (TPSA) is 140 Å². The van der Waals surface area contributed by atoms with Gasteiger partial charge in [-0.15, -0.1) is 0 Å². The number of aliphatic hydroxyl groups is 6. The van der Waals surface area contributed by atoms with Crippen LogP contribution in [0.1, 0.15) is 59.3 Å². The summed E-state index contributed by atoms with van der Waals surface area (Å²) in [7, 11) is 0. The molecule has 10 atom stereocenters. The Kier molecular flexibility index (Phi) is 9.02. The maximum atomic E-state index is 10.7. The molecular formula is C26H44O8. The van der Waals surface area contributed by atoms with Gasteiger partial charge in [0.1, 0.15) is 24.4 Å². The monoisotopic (exact) mass is 484 g/mol. The molecule has 0 aromatic rings. The number of hydrogen-bond acceptors (Lipinski definition) is 8. The fourth-order valence-electron chi connectivity index (χ4n) is 6.70. The van der Waals surface area contributed by atoms with Crippen LogP contribution in [-0.4, -0.2) is 87.3 Å². The Labute approximate surface area is 202 Å². The van der Waals surface area contributed by atoms with E-state index in [4.69, 9.17) is 9.47 Å². The number of allylic oxidation sites excluding steroid dienone is 2. The van der Waals surface area contributed by atoms with Gasteiger partial charge in [-0.2, -0.15) is 0 Å². The Bertz CT molecular complexity index is 738. The molecule has 3 fully saturated rings. The van der Waals surface area contributed by atoms with Gasteiger partial charge in [0.05, 0.1) is 25.9 Å². The summed E-state index contributed by atoms with van der Waals surface area (Å²) in [4.78, 5) is 0. The summed E-state index contributed by atoms with van der Waals surface area (Å²) in [6, 6.07) is 0. The number of hydrogen-bond donors (Lipinski definition) is 6. The quantitative estimate of drug-likeness (QED) is 0.283. The average Bonchev–Trinajstić information content (AvgIpc) is 2.81. The Hall–Kier alpha value is -0.840. The van der Waals surface area contributed by atoms with E-state index in [1.54, 1.807) is 0 Å². The molecule has 3 aliphatic rings. The van der Waals surface area contributed by atoms with Crippen molar-refractivity contribution >= 4 is 0 Å². The Balaban J connectivity index is 1.59. The van der Waals surface area contributed by atoms with E-state index in [2.05, 4.69) is 13.5 Å². The molecule has 8 nitrogen and oxygen atoms in total. The summed E-state index contributed by atoms with van der Waals surface area (Å²) in [5, 5.41) is 60.0. The summed E-state index contributed by atoms with van der Waals surface area (Å²) >= 11 is 0. The van der Waals surface area contributed by atoms with E-state index in [-0.39, 0.29) is 24.5 Å². The second-order valence-corrected chi connectivity index (χ2v) is 11.1. The predicted molar refractivity (Wildman–Crippen MR) is 127 cm³/mol. The molecular weight excluding hydrogens is 440 g/mol. The maximum absolute atomic E-state index is 10.7. The summed E-state index contributed by atoms with van der Waals surface area (Å²) in [5.74, 6) is 0.544. The van der Waals surface area contributed by atoms with Crippen molar-refractivity contribution in [2.75, 3.05) is 19.8 Å². The van der Waals surface area contributed by atoms with Gasteiger partial charge in [-0.3, -0.25) is 0 Å². The molecule has 196 valence electrons. The third-order valence-electron chi connectivity index (χ3n) is 9.06. The van der Waals surface area contributed by atoms with Crippen LogP contribution in [0, 0.1) is 22.7 Å². The summed E-state index contributed by atoms with van der Waals surface area (Å²) < 4.78 is 11.0. The van der Waals surface area contributed by atoms with Crippen molar-refractivity contribution in [1.29, 1.82) is 0 Å². The molecule has 8 heteroatoms. The number of ether oxygens (including phenoxy) is 2. The van der Waals surface area contributed by atoms with Gasteiger partial charge in [0.15, 0.2) is 6.29 Å². The van der Waals surface area contributed by atoms with Crippen molar-refractivity contribution in [2.45, 2.75) is 96.1 Å². The van der Waals surface area contributed by atoms with Gasteiger partial charge in [-0.25, -0.2) is 0 Å². The zero-order valence-electron chi connectivity index (χ0n) is 20.8. The number of rotatable bonds is 8. The first kappa shape index (κ1) is 27.7. The maximum Gasteiger partial charge on any atom is 0.187 e. The Morgan fingerprint density at radius 2 is 1.82 bits per heavy atom. The molecule has 6 N–H and O–H groups in total. The number of aliphatic hydroxyl groups excluding tert-OH is 6. The minimum Gasteiger partial charge on any atom is -0.396 e. The van der Waals surface area contributed by atoms with Crippen molar-refractivity contribution in [3.63, 3.8) is 0 Å². The van der Waals surface area contributed by atoms with E-state index >= 15 is 0 Å².